The fourth-order valence-electron chi connectivity index (χ4n) is 3.64. The first-order valence-electron chi connectivity index (χ1n) is 9.31. The van der Waals surface area contributed by atoms with Crippen molar-refractivity contribution in [3.63, 3.8) is 0 Å². The lowest BCUT2D eigenvalue weighted by atomic mass is 9.81. The van der Waals surface area contributed by atoms with Crippen molar-refractivity contribution in [3.8, 4) is 17.2 Å². The Hall–Kier alpha value is -3.48. The number of sulfonamides is 1. The van der Waals surface area contributed by atoms with Crippen LogP contribution in [0.2, 0.25) is 0 Å². The lowest BCUT2D eigenvalue weighted by molar-refractivity contribution is -0.274. The van der Waals surface area contributed by atoms with Gasteiger partial charge in [-0.1, -0.05) is 24.3 Å². The van der Waals surface area contributed by atoms with Crippen LogP contribution in [0.1, 0.15) is 34.5 Å². The molecule has 0 saturated carbocycles. The zero-order valence-corrected chi connectivity index (χ0v) is 17.2. The van der Waals surface area contributed by atoms with Crippen molar-refractivity contribution in [1.82, 2.24) is 0 Å². The zero-order chi connectivity index (χ0) is 24.1. The summed E-state index contributed by atoms with van der Waals surface area (Å²) in [5.41, 5.74) is -0.0933. The second-order valence-corrected chi connectivity index (χ2v) is 8.87. The molecule has 0 bridgehead atoms. The second-order valence-electron chi connectivity index (χ2n) is 7.18. The number of phenols is 2. The van der Waals surface area contributed by atoms with Crippen LogP contribution in [0.5, 0.6) is 17.2 Å². The molecule has 0 aliphatic heterocycles. The Morgan fingerprint density at radius 2 is 1.42 bits per heavy atom. The Morgan fingerprint density at radius 3 is 2.00 bits per heavy atom. The topological polar surface area (TPSA) is 136 Å². The van der Waals surface area contributed by atoms with E-state index in [1.807, 2.05) is 4.72 Å². The van der Waals surface area contributed by atoms with Crippen molar-refractivity contribution in [3.05, 3.63) is 76.9 Å². The smallest absolute Gasteiger partial charge is 0.504 e. The van der Waals surface area contributed by atoms with E-state index in [1.165, 1.54) is 6.07 Å². The number of aliphatic hydroxyl groups excluding tert-OH is 2. The minimum Gasteiger partial charge on any atom is -0.504 e. The first-order chi connectivity index (χ1) is 15.4. The predicted molar refractivity (Wildman–Crippen MR) is 108 cm³/mol. The summed E-state index contributed by atoms with van der Waals surface area (Å²) < 4.78 is 68.0. The first-order valence-corrected chi connectivity index (χ1v) is 10.8. The highest BCUT2D eigenvalue weighted by molar-refractivity contribution is 7.92. The Kier molecular flexibility index (Phi) is 5.39. The summed E-state index contributed by atoms with van der Waals surface area (Å²) in [6, 6.07) is 10.7. The molecule has 0 radical (unpaired) electrons. The first kappa shape index (κ1) is 22.7. The molecule has 4 rings (SSSR count). The fourth-order valence-corrected chi connectivity index (χ4v) is 4.70. The Morgan fingerprint density at radius 1 is 0.848 bits per heavy atom. The summed E-state index contributed by atoms with van der Waals surface area (Å²) in [6.45, 7) is 0. The van der Waals surface area contributed by atoms with Crippen LogP contribution in [-0.4, -0.2) is 35.2 Å². The number of hydrogen-bond acceptors (Lipinski definition) is 7. The number of aromatic hydroxyl groups is 2. The number of anilines is 1. The number of hydrogen-bond donors (Lipinski definition) is 5. The molecule has 0 fully saturated rings. The number of alkyl halides is 3. The third-order valence-electron chi connectivity index (χ3n) is 5.11. The molecule has 0 amide bonds. The molecule has 5 N–H and O–H groups in total. The van der Waals surface area contributed by atoms with Crippen molar-refractivity contribution in [1.29, 1.82) is 0 Å². The number of rotatable bonds is 4. The summed E-state index contributed by atoms with van der Waals surface area (Å²) in [5.74, 6) is -2.37. The molecular weight excluding hydrogens is 467 g/mol. The minimum atomic E-state index is -4.95. The molecule has 174 valence electrons. The van der Waals surface area contributed by atoms with Gasteiger partial charge in [0.2, 0.25) is 0 Å². The average molecular weight is 483 g/mol. The SMILES string of the molecule is O=S(=O)(Nc1cc2c(c(O)c1O)C(O)c1ccccc1C2O)c1ccc(OC(F)(F)F)cc1. The number of halogens is 3. The van der Waals surface area contributed by atoms with Gasteiger partial charge in [-0.25, -0.2) is 8.42 Å². The van der Waals surface area contributed by atoms with Crippen molar-refractivity contribution in [2.75, 3.05) is 4.72 Å². The predicted octanol–water partition coefficient (Wildman–Crippen LogP) is 3.27. The quantitative estimate of drug-likeness (QED) is 0.359. The molecule has 2 unspecified atom stereocenters. The van der Waals surface area contributed by atoms with Crippen LogP contribution in [0.4, 0.5) is 18.9 Å². The summed E-state index contributed by atoms with van der Waals surface area (Å²) in [5, 5.41) is 42.2. The molecule has 1 aliphatic carbocycles. The van der Waals surface area contributed by atoms with Crippen molar-refractivity contribution >= 4 is 15.7 Å². The number of aliphatic hydroxyl groups is 2. The van der Waals surface area contributed by atoms with Gasteiger partial charge in [0, 0.05) is 5.56 Å². The molecule has 1 aliphatic rings. The van der Waals surface area contributed by atoms with Gasteiger partial charge in [0.25, 0.3) is 10.0 Å². The summed E-state index contributed by atoms with van der Waals surface area (Å²) >= 11 is 0. The molecule has 33 heavy (non-hydrogen) atoms. The van der Waals surface area contributed by atoms with E-state index >= 15 is 0 Å². The van der Waals surface area contributed by atoms with E-state index in [9.17, 15) is 42.0 Å². The number of fused-ring (bicyclic) bond motifs is 2. The average Bonchev–Trinajstić information content (AvgIpc) is 2.74. The van der Waals surface area contributed by atoms with E-state index in [0.717, 1.165) is 30.3 Å². The highest BCUT2D eigenvalue weighted by Crippen LogP contribution is 2.50. The van der Waals surface area contributed by atoms with Gasteiger partial charge in [-0.3, -0.25) is 4.72 Å². The van der Waals surface area contributed by atoms with Gasteiger partial charge in [0.05, 0.1) is 10.6 Å². The summed E-state index contributed by atoms with van der Waals surface area (Å²) in [4.78, 5) is -0.459. The van der Waals surface area contributed by atoms with E-state index < -0.39 is 56.4 Å². The zero-order valence-electron chi connectivity index (χ0n) is 16.4. The number of ether oxygens (including phenoxy) is 1. The highest BCUT2D eigenvalue weighted by atomic mass is 32.2. The van der Waals surface area contributed by atoms with Crippen LogP contribution in [0, 0.1) is 0 Å². The maximum absolute atomic E-state index is 12.7. The van der Waals surface area contributed by atoms with E-state index in [-0.39, 0.29) is 11.1 Å². The van der Waals surface area contributed by atoms with Crippen LogP contribution < -0.4 is 9.46 Å². The molecule has 0 saturated heterocycles. The van der Waals surface area contributed by atoms with E-state index in [0.29, 0.717) is 11.1 Å². The highest BCUT2D eigenvalue weighted by Gasteiger charge is 2.35. The molecular formula is C21H16F3NO7S. The van der Waals surface area contributed by atoms with Gasteiger partial charge in [-0.15, -0.1) is 13.2 Å². The maximum Gasteiger partial charge on any atom is 0.573 e. The number of phenolic OH excluding ortho intramolecular Hbond substituents is 2. The van der Waals surface area contributed by atoms with Crippen LogP contribution >= 0.6 is 0 Å². The largest absolute Gasteiger partial charge is 0.573 e. The van der Waals surface area contributed by atoms with E-state index in [4.69, 9.17) is 0 Å². The lowest BCUT2D eigenvalue weighted by Gasteiger charge is -2.30. The molecule has 0 aromatic heterocycles. The van der Waals surface area contributed by atoms with Gasteiger partial charge < -0.3 is 25.2 Å². The normalized spacial score (nSPS) is 17.7. The van der Waals surface area contributed by atoms with E-state index in [2.05, 4.69) is 4.74 Å². The van der Waals surface area contributed by atoms with Crippen LogP contribution in [0.3, 0.4) is 0 Å². The van der Waals surface area contributed by atoms with Gasteiger partial charge in [-0.05, 0) is 47.0 Å². The fraction of sp³-hybridized carbons (Fsp3) is 0.143. The third kappa shape index (κ3) is 4.15. The molecule has 2 atom stereocenters. The third-order valence-corrected chi connectivity index (χ3v) is 6.49. The Bertz CT molecular complexity index is 1320. The maximum atomic E-state index is 12.7. The van der Waals surface area contributed by atoms with Crippen molar-refractivity contribution < 1.29 is 46.8 Å². The molecule has 8 nitrogen and oxygen atoms in total. The van der Waals surface area contributed by atoms with Crippen molar-refractivity contribution in [2.24, 2.45) is 0 Å². The van der Waals surface area contributed by atoms with Gasteiger partial charge in [0.15, 0.2) is 11.5 Å². The Labute approximate surface area is 185 Å². The van der Waals surface area contributed by atoms with Gasteiger partial charge in [0.1, 0.15) is 18.0 Å². The summed E-state index contributed by atoms with van der Waals surface area (Å²) in [7, 11) is -4.43. The van der Waals surface area contributed by atoms with Crippen LogP contribution in [0.25, 0.3) is 0 Å². The second kappa shape index (κ2) is 7.83. The number of benzene rings is 3. The van der Waals surface area contributed by atoms with Gasteiger partial charge >= 0.3 is 6.36 Å². The van der Waals surface area contributed by atoms with Gasteiger partial charge in [-0.2, -0.15) is 0 Å². The molecule has 3 aromatic carbocycles. The molecule has 3 aromatic rings. The molecule has 0 spiro atoms. The summed E-state index contributed by atoms with van der Waals surface area (Å²) in [6.07, 6.45) is -7.68. The molecule has 0 heterocycles. The monoisotopic (exact) mass is 483 g/mol. The minimum absolute atomic E-state index is 0.0388. The van der Waals surface area contributed by atoms with Crippen LogP contribution in [-0.2, 0) is 10.0 Å². The standard InChI is InChI=1S/C21H16F3NO7S/c22-21(23,24)32-10-5-7-11(8-6-10)33(30,31)25-15-9-14-16(20(29)19(15)28)18(27)13-4-2-1-3-12(13)17(14)26/h1-9,17-18,25-29H. The molecule has 12 heteroatoms. The number of nitrogens with one attached hydrogen (secondary N) is 1. The Balaban J connectivity index is 1.70. The van der Waals surface area contributed by atoms with Crippen molar-refractivity contribution in [2.45, 2.75) is 23.5 Å². The lowest BCUT2D eigenvalue weighted by Crippen LogP contribution is -2.20. The van der Waals surface area contributed by atoms with E-state index in [1.54, 1.807) is 18.2 Å². The van der Waals surface area contributed by atoms with Crippen LogP contribution in [0.15, 0.2) is 59.5 Å².